The van der Waals surface area contributed by atoms with E-state index in [0.29, 0.717) is 10.5 Å². The topological polar surface area (TPSA) is 49.4 Å². The summed E-state index contributed by atoms with van der Waals surface area (Å²) >= 11 is 0. The molecule has 1 heterocycles. The summed E-state index contributed by atoms with van der Waals surface area (Å²) < 4.78 is 37.9. The van der Waals surface area contributed by atoms with Crippen molar-refractivity contribution < 1.29 is 22.8 Å². The standard InChI is InChI=1S/C13H13F3N2O2/c1-8-12(20)18(7-13(14,15)16)10(11(19)17-8)9-5-3-2-4-6-9/h2-6,8,10H,7H2,1H3,(H,17,19). The highest BCUT2D eigenvalue weighted by atomic mass is 19.4. The third-order valence-electron chi connectivity index (χ3n) is 3.04. The van der Waals surface area contributed by atoms with Crippen LogP contribution >= 0.6 is 0 Å². The van der Waals surface area contributed by atoms with Gasteiger partial charge in [0.25, 0.3) is 0 Å². The molecule has 1 aromatic carbocycles. The second-order valence-electron chi connectivity index (χ2n) is 4.62. The Kier molecular flexibility index (Phi) is 3.69. The van der Waals surface area contributed by atoms with Gasteiger partial charge in [-0.2, -0.15) is 13.2 Å². The van der Waals surface area contributed by atoms with Crippen molar-refractivity contribution in [1.29, 1.82) is 0 Å². The summed E-state index contributed by atoms with van der Waals surface area (Å²) in [6.07, 6.45) is -4.56. The van der Waals surface area contributed by atoms with Crippen molar-refractivity contribution in [3.63, 3.8) is 0 Å². The lowest BCUT2D eigenvalue weighted by Gasteiger charge is -2.38. The molecule has 2 rings (SSSR count). The fourth-order valence-corrected chi connectivity index (χ4v) is 2.20. The number of nitrogens with one attached hydrogen (secondary N) is 1. The molecule has 1 saturated heterocycles. The van der Waals surface area contributed by atoms with Gasteiger partial charge in [0.1, 0.15) is 18.6 Å². The number of halogens is 3. The van der Waals surface area contributed by atoms with E-state index in [2.05, 4.69) is 5.32 Å². The molecule has 7 heteroatoms. The lowest BCUT2D eigenvalue weighted by Crippen LogP contribution is -2.59. The summed E-state index contributed by atoms with van der Waals surface area (Å²) in [6, 6.07) is 5.75. The first-order valence-corrected chi connectivity index (χ1v) is 6.02. The number of benzene rings is 1. The van der Waals surface area contributed by atoms with Crippen LogP contribution in [-0.2, 0) is 9.59 Å². The number of rotatable bonds is 2. The number of amides is 2. The Morgan fingerprint density at radius 2 is 1.80 bits per heavy atom. The van der Waals surface area contributed by atoms with Crippen LogP contribution < -0.4 is 5.32 Å². The first-order valence-electron chi connectivity index (χ1n) is 6.02. The number of carbonyl (C=O) groups is 2. The molecule has 1 aliphatic heterocycles. The maximum absolute atomic E-state index is 12.6. The molecule has 1 aliphatic rings. The summed E-state index contributed by atoms with van der Waals surface area (Å²) in [6.45, 7) is -0.0754. The number of piperazine rings is 1. The Morgan fingerprint density at radius 1 is 1.20 bits per heavy atom. The molecule has 4 nitrogen and oxygen atoms in total. The summed E-state index contributed by atoms with van der Waals surface area (Å²) in [5.74, 6) is -1.34. The van der Waals surface area contributed by atoms with Gasteiger partial charge in [0.05, 0.1) is 0 Å². The van der Waals surface area contributed by atoms with Gasteiger partial charge in [-0.05, 0) is 12.5 Å². The molecular formula is C13H13F3N2O2. The Morgan fingerprint density at radius 3 is 2.35 bits per heavy atom. The molecule has 2 unspecified atom stereocenters. The van der Waals surface area contributed by atoms with Crippen LogP contribution in [0.25, 0.3) is 0 Å². The Bertz CT molecular complexity index is 516. The molecule has 1 aromatic rings. The van der Waals surface area contributed by atoms with Crippen LogP contribution in [-0.4, -0.2) is 35.5 Å². The summed E-state index contributed by atoms with van der Waals surface area (Å²) in [5.41, 5.74) is 0.356. The minimum absolute atomic E-state index is 0.356. The molecule has 0 spiro atoms. The van der Waals surface area contributed by atoms with Gasteiger partial charge in [-0.1, -0.05) is 30.3 Å². The number of carbonyl (C=O) groups excluding carboxylic acids is 2. The SMILES string of the molecule is CC1NC(=O)C(c2ccccc2)N(CC(F)(F)F)C1=O. The fraction of sp³-hybridized carbons (Fsp3) is 0.385. The molecule has 2 amide bonds. The van der Waals surface area contributed by atoms with Gasteiger partial charge in [-0.3, -0.25) is 9.59 Å². The van der Waals surface area contributed by atoms with E-state index in [1.54, 1.807) is 18.2 Å². The van der Waals surface area contributed by atoms with Gasteiger partial charge in [-0.15, -0.1) is 0 Å². The van der Waals surface area contributed by atoms with Crippen molar-refractivity contribution in [1.82, 2.24) is 10.2 Å². The molecule has 0 bridgehead atoms. The van der Waals surface area contributed by atoms with E-state index in [1.165, 1.54) is 19.1 Å². The molecular weight excluding hydrogens is 273 g/mol. The molecule has 0 radical (unpaired) electrons. The van der Waals surface area contributed by atoms with E-state index in [9.17, 15) is 22.8 Å². The molecule has 20 heavy (non-hydrogen) atoms. The smallest absolute Gasteiger partial charge is 0.342 e. The minimum Gasteiger partial charge on any atom is -0.342 e. The minimum atomic E-state index is -4.56. The maximum atomic E-state index is 12.6. The van der Waals surface area contributed by atoms with Crippen LogP contribution in [0.2, 0.25) is 0 Å². The quantitative estimate of drug-likeness (QED) is 0.898. The normalized spacial score (nSPS) is 23.7. The van der Waals surface area contributed by atoms with E-state index in [-0.39, 0.29) is 0 Å². The van der Waals surface area contributed by atoms with Gasteiger partial charge < -0.3 is 10.2 Å². The predicted molar refractivity (Wildman–Crippen MR) is 64.6 cm³/mol. The lowest BCUT2D eigenvalue weighted by atomic mass is 10.00. The largest absolute Gasteiger partial charge is 0.406 e. The summed E-state index contributed by atoms with van der Waals surface area (Å²) in [7, 11) is 0. The van der Waals surface area contributed by atoms with Crippen LogP contribution in [0.5, 0.6) is 0 Å². The summed E-state index contributed by atoms with van der Waals surface area (Å²) in [4.78, 5) is 24.5. The highest BCUT2D eigenvalue weighted by molar-refractivity contribution is 5.97. The molecule has 1 fully saturated rings. The maximum Gasteiger partial charge on any atom is 0.406 e. The monoisotopic (exact) mass is 286 g/mol. The van der Waals surface area contributed by atoms with Crippen molar-refractivity contribution in [2.45, 2.75) is 25.2 Å². The van der Waals surface area contributed by atoms with Crippen LogP contribution in [0.3, 0.4) is 0 Å². The molecule has 1 N–H and O–H groups in total. The van der Waals surface area contributed by atoms with E-state index in [1.807, 2.05) is 0 Å². The average Bonchev–Trinajstić information content (AvgIpc) is 2.35. The van der Waals surface area contributed by atoms with E-state index in [4.69, 9.17) is 0 Å². The van der Waals surface area contributed by atoms with Crippen molar-refractivity contribution in [3.05, 3.63) is 35.9 Å². The number of hydrogen-bond donors (Lipinski definition) is 1. The molecule has 0 saturated carbocycles. The van der Waals surface area contributed by atoms with Crippen LogP contribution in [0.1, 0.15) is 18.5 Å². The Labute approximate surface area is 113 Å². The lowest BCUT2D eigenvalue weighted by molar-refractivity contribution is -0.174. The van der Waals surface area contributed by atoms with Gasteiger partial charge in [0, 0.05) is 0 Å². The van der Waals surface area contributed by atoms with E-state index < -0.39 is 36.6 Å². The summed E-state index contributed by atoms with van der Waals surface area (Å²) in [5, 5.41) is 2.40. The highest BCUT2D eigenvalue weighted by Gasteiger charge is 2.44. The zero-order valence-corrected chi connectivity index (χ0v) is 10.6. The van der Waals surface area contributed by atoms with Crippen molar-refractivity contribution in [3.8, 4) is 0 Å². The van der Waals surface area contributed by atoms with Crippen LogP contribution in [0, 0.1) is 0 Å². The Hall–Kier alpha value is -2.05. The number of nitrogens with zero attached hydrogens (tertiary/aromatic N) is 1. The second-order valence-corrected chi connectivity index (χ2v) is 4.62. The van der Waals surface area contributed by atoms with Crippen LogP contribution in [0.15, 0.2) is 30.3 Å². The molecule has 0 aliphatic carbocycles. The zero-order valence-electron chi connectivity index (χ0n) is 10.6. The second kappa shape index (κ2) is 5.15. The number of hydrogen-bond acceptors (Lipinski definition) is 2. The van der Waals surface area contributed by atoms with Gasteiger partial charge in [0.15, 0.2) is 0 Å². The van der Waals surface area contributed by atoms with Crippen molar-refractivity contribution in [2.75, 3.05) is 6.54 Å². The zero-order chi connectivity index (χ0) is 14.9. The third-order valence-corrected chi connectivity index (χ3v) is 3.04. The van der Waals surface area contributed by atoms with Gasteiger partial charge >= 0.3 is 6.18 Å². The van der Waals surface area contributed by atoms with Crippen LogP contribution in [0.4, 0.5) is 13.2 Å². The first kappa shape index (κ1) is 14.4. The average molecular weight is 286 g/mol. The Balaban J connectivity index is 2.38. The fourth-order valence-electron chi connectivity index (χ4n) is 2.20. The van der Waals surface area contributed by atoms with E-state index in [0.717, 1.165) is 0 Å². The van der Waals surface area contributed by atoms with Gasteiger partial charge in [0.2, 0.25) is 11.8 Å². The molecule has 2 atom stereocenters. The highest BCUT2D eigenvalue weighted by Crippen LogP contribution is 2.29. The number of alkyl halides is 3. The van der Waals surface area contributed by atoms with Crippen molar-refractivity contribution >= 4 is 11.8 Å². The third kappa shape index (κ3) is 2.92. The predicted octanol–water partition coefficient (Wildman–Crippen LogP) is 1.64. The van der Waals surface area contributed by atoms with Gasteiger partial charge in [-0.25, -0.2) is 0 Å². The molecule has 108 valence electrons. The van der Waals surface area contributed by atoms with Crippen molar-refractivity contribution in [2.24, 2.45) is 0 Å². The molecule has 0 aromatic heterocycles. The first-order chi connectivity index (χ1) is 9.29. The van der Waals surface area contributed by atoms with E-state index >= 15 is 0 Å².